The Balaban J connectivity index is 2.55. The summed E-state index contributed by atoms with van der Waals surface area (Å²) in [6.45, 7) is 0. The minimum Gasteiger partial charge on any atom is -0.452 e. The predicted octanol–water partition coefficient (Wildman–Crippen LogP) is 1.51. The molecule has 1 atom stereocenters. The zero-order valence-corrected chi connectivity index (χ0v) is 10.0. The number of hydrogen-bond acceptors (Lipinski definition) is 4. The molecule has 14 heavy (non-hydrogen) atoms. The van der Waals surface area contributed by atoms with E-state index < -0.39 is 15.9 Å². The second kappa shape index (κ2) is 4.46. The minimum atomic E-state index is -3.03. The van der Waals surface area contributed by atoms with E-state index in [1.165, 1.54) is 0 Å². The second-order valence-electron chi connectivity index (χ2n) is 3.08. The fraction of sp³-hybridized carbons (Fsp3) is 0.500. The molecule has 0 radical (unpaired) electrons. The Kier molecular flexibility index (Phi) is 3.74. The average Bonchev–Trinajstić information content (AvgIpc) is 2.46. The molecule has 6 heteroatoms. The van der Waals surface area contributed by atoms with Crippen LogP contribution in [0.4, 0.5) is 0 Å². The predicted molar refractivity (Wildman–Crippen MR) is 55.7 cm³/mol. The molecule has 1 N–H and O–H groups in total. The highest BCUT2D eigenvalue weighted by molar-refractivity contribution is 9.10. The van der Waals surface area contributed by atoms with E-state index >= 15 is 0 Å². The second-order valence-corrected chi connectivity index (χ2v) is 6.12. The SMILES string of the molecule is CS(=O)(=O)CCC(O)c1ccc(Br)o1. The maximum Gasteiger partial charge on any atom is 0.169 e. The maximum absolute atomic E-state index is 10.8. The summed E-state index contributed by atoms with van der Waals surface area (Å²) in [5, 5.41) is 9.52. The summed E-state index contributed by atoms with van der Waals surface area (Å²) >= 11 is 3.10. The van der Waals surface area contributed by atoms with Gasteiger partial charge in [-0.3, -0.25) is 0 Å². The van der Waals surface area contributed by atoms with E-state index in [4.69, 9.17) is 4.42 Å². The van der Waals surface area contributed by atoms with Crippen LogP contribution >= 0.6 is 15.9 Å². The third-order valence-electron chi connectivity index (χ3n) is 1.68. The molecule has 0 fully saturated rings. The van der Waals surface area contributed by atoms with Gasteiger partial charge >= 0.3 is 0 Å². The van der Waals surface area contributed by atoms with Crippen molar-refractivity contribution >= 4 is 25.8 Å². The Bertz CT molecular complexity index is 395. The number of aliphatic hydroxyl groups excluding tert-OH is 1. The maximum atomic E-state index is 10.8. The fourth-order valence-corrected chi connectivity index (χ4v) is 1.95. The molecule has 0 aliphatic heterocycles. The van der Waals surface area contributed by atoms with Gasteiger partial charge in [0.05, 0.1) is 5.75 Å². The monoisotopic (exact) mass is 282 g/mol. The number of rotatable bonds is 4. The van der Waals surface area contributed by atoms with Crippen LogP contribution in [0, 0.1) is 0 Å². The summed E-state index contributed by atoms with van der Waals surface area (Å²) in [6.07, 6.45) is 0.423. The average molecular weight is 283 g/mol. The van der Waals surface area contributed by atoms with E-state index in [2.05, 4.69) is 15.9 Å². The zero-order valence-electron chi connectivity index (χ0n) is 7.60. The quantitative estimate of drug-likeness (QED) is 0.909. The number of hydrogen-bond donors (Lipinski definition) is 1. The van der Waals surface area contributed by atoms with Crippen molar-refractivity contribution in [1.82, 2.24) is 0 Å². The van der Waals surface area contributed by atoms with Crippen LogP contribution in [0.25, 0.3) is 0 Å². The fourth-order valence-electron chi connectivity index (χ4n) is 0.975. The molecule has 1 aromatic rings. The van der Waals surface area contributed by atoms with Crippen molar-refractivity contribution in [3.05, 3.63) is 22.6 Å². The first kappa shape index (κ1) is 11.7. The van der Waals surface area contributed by atoms with E-state index in [9.17, 15) is 13.5 Å². The molecule has 1 unspecified atom stereocenters. The highest BCUT2D eigenvalue weighted by Gasteiger charge is 2.14. The Labute approximate surface area is 91.0 Å². The lowest BCUT2D eigenvalue weighted by Gasteiger charge is -2.05. The number of sulfone groups is 1. The van der Waals surface area contributed by atoms with Crippen LogP contribution in [0.15, 0.2) is 21.2 Å². The van der Waals surface area contributed by atoms with Crippen LogP contribution in [0.5, 0.6) is 0 Å². The molecule has 0 spiro atoms. The minimum absolute atomic E-state index is 0.0491. The van der Waals surface area contributed by atoms with Crippen LogP contribution in [0.3, 0.4) is 0 Å². The van der Waals surface area contributed by atoms with Gasteiger partial charge in [0.25, 0.3) is 0 Å². The first-order chi connectivity index (χ1) is 6.38. The Morgan fingerprint density at radius 2 is 2.21 bits per heavy atom. The molecule has 1 aromatic heterocycles. The van der Waals surface area contributed by atoms with Gasteiger partial charge in [-0.1, -0.05) is 0 Å². The largest absolute Gasteiger partial charge is 0.452 e. The van der Waals surface area contributed by atoms with E-state index in [0.29, 0.717) is 10.4 Å². The van der Waals surface area contributed by atoms with Crippen molar-refractivity contribution < 1.29 is 17.9 Å². The molecule has 0 bridgehead atoms. The molecule has 1 heterocycles. The lowest BCUT2D eigenvalue weighted by Crippen LogP contribution is -2.07. The number of halogens is 1. The molecule has 0 amide bonds. The molecule has 0 aromatic carbocycles. The molecule has 0 saturated carbocycles. The third-order valence-corrected chi connectivity index (χ3v) is 3.09. The number of aliphatic hydroxyl groups is 1. The normalized spacial score (nSPS) is 14.2. The Morgan fingerprint density at radius 1 is 1.57 bits per heavy atom. The van der Waals surface area contributed by atoms with Gasteiger partial charge < -0.3 is 9.52 Å². The van der Waals surface area contributed by atoms with Gasteiger partial charge in [-0.25, -0.2) is 8.42 Å². The standard InChI is InChI=1S/C8H11BrO4S/c1-14(11,12)5-4-6(10)7-2-3-8(9)13-7/h2-3,6,10H,4-5H2,1H3. The van der Waals surface area contributed by atoms with Gasteiger partial charge in [0.1, 0.15) is 21.7 Å². The van der Waals surface area contributed by atoms with E-state index in [1.807, 2.05) is 0 Å². The van der Waals surface area contributed by atoms with Crippen LogP contribution in [0.2, 0.25) is 0 Å². The molecule has 80 valence electrons. The number of furan rings is 1. The molecule has 4 nitrogen and oxygen atoms in total. The molecule has 0 saturated heterocycles. The molecule has 0 aliphatic carbocycles. The highest BCUT2D eigenvalue weighted by Crippen LogP contribution is 2.22. The van der Waals surface area contributed by atoms with Crippen LogP contribution < -0.4 is 0 Å². The van der Waals surface area contributed by atoms with Crippen molar-refractivity contribution in [2.24, 2.45) is 0 Å². The van der Waals surface area contributed by atoms with Crippen molar-refractivity contribution in [1.29, 1.82) is 0 Å². The van der Waals surface area contributed by atoms with E-state index in [0.717, 1.165) is 6.26 Å². The summed E-state index contributed by atoms with van der Waals surface area (Å²) in [4.78, 5) is 0. The topological polar surface area (TPSA) is 67.5 Å². The van der Waals surface area contributed by atoms with Crippen molar-refractivity contribution in [3.8, 4) is 0 Å². The zero-order chi connectivity index (χ0) is 10.8. The van der Waals surface area contributed by atoms with E-state index in [1.54, 1.807) is 12.1 Å². The van der Waals surface area contributed by atoms with Gasteiger partial charge in [-0.2, -0.15) is 0 Å². The van der Waals surface area contributed by atoms with Gasteiger partial charge in [0.15, 0.2) is 4.67 Å². The van der Waals surface area contributed by atoms with Gasteiger partial charge in [0, 0.05) is 6.26 Å². The van der Waals surface area contributed by atoms with Crippen molar-refractivity contribution in [3.63, 3.8) is 0 Å². The Morgan fingerprint density at radius 3 is 2.64 bits per heavy atom. The first-order valence-corrected chi connectivity index (χ1v) is 6.85. The van der Waals surface area contributed by atoms with Crippen LogP contribution in [-0.4, -0.2) is 25.5 Å². The van der Waals surface area contributed by atoms with Gasteiger partial charge in [-0.05, 0) is 34.5 Å². The van der Waals surface area contributed by atoms with Crippen molar-refractivity contribution in [2.75, 3.05) is 12.0 Å². The first-order valence-electron chi connectivity index (χ1n) is 3.99. The molecular weight excluding hydrogens is 272 g/mol. The Hall–Kier alpha value is -0.330. The summed E-state index contributed by atoms with van der Waals surface area (Å²) in [5.41, 5.74) is 0. The summed E-state index contributed by atoms with van der Waals surface area (Å²) in [5.74, 6) is 0.326. The van der Waals surface area contributed by atoms with Crippen LogP contribution in [0.1, 0.15) is 18.3 Å². The summed E-state index contributed by atoms with van der Waals surface area (Å²) < 4.78 is 27.2. The van der Waals surface area contributed by atoms with Crippen molar-refractivity contribution in [2.45, 2.75) is 12.5 Å². The van der Waals surface area contributed by atoms with Crippen LogP contribution in [-0.2, 0) is 9.84 Å². The lowest BCUT2D eigenvalue weighted by atomic mass is 10.2. The smallest absolute Gasteiger partial charge is 0.169 e. The molecular formula is C8H11BrO4S. The third kappa shape index (κ3) is 3.81. The van der Waals surface area contributed by atoms with Gasteiger partial charge in [-0.15, -0.1) is 0 Å². The highest BCUT2D eigenvalue weighted by atomic mass is 79.9. The summed E-state index contributed by atoms with van der Waals surface area (Å²) in [6, 6.07) is 3.26. The summed E-state index contributed by atoms with van der Waals surface area (Å²) in [7, 11) is -3.03. The lowest BCUT2D eigenvalue weighted by molar-refractivity contribution is 0.145. The van der Waals surface area contributed by atoms with Gasteiger partial charge in [0.2, 0.25) is 0 Å². The molecule has 0 aliphatic rings. The van der Waals surface area contributed by atoms with E-state index in [-0.39, 0.29) is 12.2 Å². The molecule has 1 rings (SSSR count).